The molecule has 0 bridgehead atoms. The normalized spacial score (nSPS) is 23.7. The molecule has 1 aliphatic rings. The molecular formula is C14H20N2O. The van der Waals surface area contributed by atoms with Crippen LogP contribution in [0.1, 0.15) is 12.5 Å². The van der Waals surface area contributed by atoms with E-state index >= 15 is 0 Å². The van der Waals surface area contributed by atoms with Gasteiger partial charge >= 0.3 is 0 Å². The van der Waals surface area contributed by atoms with Crippen LogP contribution in [-0.4, -0.2) is 26.0 Å². The lowest BCUT2D eigenvalue weighted by molar-refractivity contribution is -0.122. The van der Waals surface area contributed by atoms with Crippen molar-refractivity contribution in [3.63, 3.8) is 0 Å². The molecule has 17 heavy (non-hydrogen) atoms. The average Bonchev–Trinajstić information content (AvgIpc) is 2.73. The van der Waals surface area contributed by atoms with E-state index in [0.29, 0.717) is 5.92 Å². The molecule has 1 aromatic carbocycles. The Morgan fingerprint density at radius 3 is 2.76 bits per heavy atom. The van der Waals surface area contributed by atoms with Crippen molar-refractivity contribution in [1.82, 2.24) is 5.32 Å². The van der Waals surface area contributed by atoms with Crippen LogP contribution in [0, 0.1) is 18.8 Å². The number of hydrogen-bond acceptors (Lipinski definition) is 2. The van der Waals surface area contributed by atoms with Gasteiger partial charge in [0.25, 0.3) is 0 Å². The summed E-state index contributed by atoms with van der Waals surface area (Å²) in [6.45, 7) is 5.92. The summed E-state index contributed by atoms with van der Waals surface area (Å²) in [4.78, 5) is 14.1. The van der Waals surface area contributed by atoms with Crippen molar-refractivity contribution < 1.29 is 4.79 Å². The van der Waals surface area contributed by atoms with Gasteiger partial charge in [-0.05, 0) is 37.1 Å². The first kappa shape index (κ1) is 12.1. The molecule has 3 nitrogen and oxygen atoms in total. The van der Waals surface area contributed by atoms with Gasteiger partial charge in [0.1, 0.15) is 0 Å². The highest BCUT2D eigenvalue weighted by molar-refractivity contribution is 5.95. The molecule has 3 heteroatoms. The number of anilines is 1. The highest BCUT2D eigenvalue weighted by Crippen LogP contribution is 2.22. The van der Waals surface area contributed by atoms with Crippen LogP contribution in [0.2, 0.25) is 0 Å². The third-order valence-corrected chi connectivity index (χ3v) is 3.55. The van der Waals surface area contributed by atoms with Gasteiger partial charge in [0.15, 0.2) is 0 Å². The molecule has 2 atom stereocenters. The smallest absolute Gasteiger partial charge is 0.231 e. The minimum atomic E-state index is 0.112. The largest absolute Gasteiger partial charge is 0.316 e. The van der Waals surface area contributed by atoms with Crippen LogP contribution in [0.5, 0.6) is 0 Å². The standard InChI is InChI=1S/C14H20N2O/c1-10-5-4-6-12(7-10)16(3)14(17)13-9-15-8-11(13)2/h4-7,11,13,15H,8-9H2,1-3H3/t11-,13-/m1/s1. The molecule has 92 valence electrons. The van der Waals surface area contributed by atoms with Gasteiger partial charge in [-0.3, -0.25) is 4.79 Å². The molecule has 0 aliphatic carbocycles. The Bertz CT molecular complexity index is 416. The van der Waals surface area contributed by atoms with Gasteiger partial charge < -0.3 is 10.2 Å². The topological polar surface area (TPSA) is 32.3 Å². The van der Waals surface area contributed by atoms with E-state index in [1.165, 1.54) is 5.56 Å². The molecule has 0 saturated carbocycles. The molecular weight excluding hydrogens is 212 g/mol. The summed E-state index contributed by atoms with van der Waals surface area (Å²) >= 11 is 0. The van der Waals surface area contributed by atoms with Gasteiger partial charge in [0.2, 0.25) is 5.91 Å². The van der Waals surface area contributed by atoms with Crippen molar-refractivity contribution in [2.45, 2.75) is 13.8 Å². The van der Waals surface area contributed by atoms with E-state index in [0.717, 1.165) is 18.8 Å². The molecule has 1 N–H and O–H groups in total. The van der Waals surface area contributed by atoms with Crippen LogP contribution in [0.4, 0.5) is 5.69 Å². The molecule has 0 radical (unpaired) electrons. The fourth-order valence-corrected chi connectivity index (χ4v) is 2.35. The fraction of sp³-hybridized carbons (Fsp3) is 0.500. The number of benzene rings is 1. The van der Waals surface area contributed by atoms with Crippen LogP contribution in [-0.2, 0) is 4.79 Å². The summed E-state index contributed by atoms with van der Waals surface area (Å²) in [6.07, 6.45) is 0. The number of nitrogens with one attached hydrogen (secondary N) is 1. The second-order valence-electron chi connectivity index (χ2n) is 4.98. The molecule has 1 aromatic rings. The van der Waals surface area contributed by atoms with Crippen molar-refractivity contribution in [3.05, 3.63) is 29.8 Å². The zero-order valence-electron chi connectivity index (χ0n) is 10.7. The number of rotatable bonds is 2. The second-order valence-corrected chi connectivity index (χ2v) is 4.98. The highest BCUT2D eigenvalue weighted by Gasteiger charge is 2.31. The van der Waals surface area contributed by atoms with Crippen LogP contribution in [0.15, 0.2) is 24.3 Å². The van der Waals surface area contributed by atoms with E-state index in [1.54, 1.807) is 4.90 Å². The zero-order chi connectivity index (χ0) is 12.4. The van der Waals surface area contributed by atoms with Crippen LogP contribution in [0.3, 0.4) is 0 Å². The van der Waals surface area contributed by atoms with E-state index < -0.39 is 0 Å². The Morgan fingerprint density at radius 1 is 1.41 bits per heavy atom. The molecule has 0 aromatic heterocycles. The van der Waals surface area contributed by atoms with E-state index in [9.17, 15) is 4.79 Å². The maximum absolute atomic E-state index is 12.4. The number of amides is 1. The molecule has 1 saturated heterocycles. The molecule has 1 aliphatic heterocycles. The van der Waals surface area contributed by atoms with Gasteiger partial charge in [-0.25, -0.2) is 0 Å². The van der Waals surface area contributed by atoms with Crippen LogP contribution < -0.4 is 10.2 Å². The molecule has 1 amide bonds. The average molecular weight is 232 g/mol. The summed E-state index contributed by atoms with van der Waals surface area (Å²) in [5.41, 5.74) is 2.16. The summed E-state index contributed by atoms with van der Waals surface area (Å²) in [7, 11) is 1.86. The third kappa shape index (κ3) is 2.50. The Balaban J connectivity index is 2.14. The maximum Gasteiger partial charge on any atom is 0.231 e. The van der Waals surface area contributed by atoms with Gasteiger partial charge in [-0.2, -0.15) is 0 Å². The lowest BCUT2D eigenvalue weighted by Crippen LogP contribution is -2.36. The van der Waals surface area contributed by atoms with E-state index in [2.05, 4.69) is 12.2 Å². The number of carbonyl (C=O) groups excluding carboxylic acids is 1. The lowest BCUT2D eigenvalue weighted by Gasteiger charge is -2.23. The summed E-state index contributed by atoms with van der Waals surface area (Å²) < 4.78 is 0. The van der Waals surface area contributed by atoms with Gasteiger partial charge in [0, 0.05) is 19.3 Å². The number of aryl methyl sites for hydroxylation is 1. The van der Waals surface area contributed by atoms with E-state index in [-0.39, 0.29) is 11.8 Å². The van der Waals surface area contributed by atoms with Crippen molar-refractivity contribution in [2.75, 3.05) is 25.0 Å². The molecule has 1 fully saturated rings. The van der Waals surface area contributed by atoms with Gasteiger partial charge in [0.05, 0.1) is 5.92 Å². The lowest BCUT2D eigenvalue weighted by atomic mass is 9.96. The summed E-state index contributed by atoms with van der Waals surface area (Å²) in [6, 6.07) is 8.06. The maximum atomic E-state index is 12.4. The molecule has 0 unspecified atom stereocenters. The third-order valence-electron chi connectivity index (χ3n) is 3.55. The second kappa shape index (κ2) is 4.88. The minimum Gasteiger partial charge on any atom is -0.316 e. The quantitative estimate of drug-likeness (QED) is 0.843. The van der Waals surface area contributed by atoms with Crippen molar-refractivity contribution in [1.29, 1.82) is 0 Å². The monoisotopic (exact) mass is 232 g/mol. The van der Waals surface area contributed by atoms with Crippen molar-refractivity contribution in [3.8, 4) is 0 Å². The van der Waals surface area contributed by atoms with Crippen molar-refractivity contribution >= 4 is 11.6 Å². The first-order valence-corrected chi connectivity index (χ1v) is 6.14. The first-order chi connectivity index (χ1) is 8.09. The van der Waals surface area contributed by atoms with Crippen molar-refractivity contribution in [2.24, 2.45) is 11.8 Å². The van der Waals surface area contributed by atoms with Gasteiger partial charge in [-0.1, -0.05) is 19.1 Å². The predicted molar refractivity (Wildman–Crippen MR) is 70.1 cm³/mol. The Labute approximate surface area is 103 Å². The minimum absolute atomic E-state index is 0.112. The zero-order valence-corrected chi connectivity index (χ0v) is 10.7. The van der Waals surface area contributed by atoms with E-state index in [4.69, 9.17) is 0 Å². The molecule has 2 rings (SSSR count). The fourth-order valence-electron chi connectivity index (χ4n) is 2.35. The summed E-state index contributed by atoms with van der Waals surface area (Å²) in [5, 5.41) is 3.27. The number of hydrogen-bond donors (Lipinski definition) is 1. The molecule has 1 heterocycles. The Kier molecular flexibility index (Phi) is 3.48. The van der Waals surface area contributed by atoms with Gasteiger partial charge in [-0.15, -0.1) is 0 Å². The number of carbonyl (C=O) groups is 1. The number of nitrogens with zero attached hydrogens (tertiary/aromatic N) is 1. The van der Waals surface area contributed by atoms with E-state index in [1.807, 2.05) is 38.2 Å². The molecule has 0 spiro atoms. The highest BCUT2D eigenvalue weighted by atomic mass is 16.2. The summed E-state index contributed by atoms with van der Waals surface area (Å²) in [5.74, 6) is 0.753. The first-order valence-electron chi connectivity index (χ1n) is 6.14. The Morgan fingerprint density at radius 2 is 2.18 bits per heavy atom. The van der Waals surface area contributed by atoms with Crippen LogP contribution in [0.25, 0.3) is 0 Å². The Hall–Kier alpha value is -1.35. The predicted octanol–water partition coefficient (Wildman–Crippen LogP) is 1.81. The van der Waals surface area contributed by atoms with Crippen LogP contribution >= 0.6 is 0 Å². The SMILES string of the molecule is Cc1cccc(N(C)C(=O)[C@@H]2CNC[C@H]2C)c1.